The Hall–Kier alpha value is -5.67. The number of para-hydroxylation sites is 2. The van der Waals surface area contributed by atoms with Crippen molar-refractivity contribution in [2.45, 2.75) is 19.5 Å². The molecule has 3 heterocycles. The third kappa shape index (κ3) is 5.52. The fourth-order valence-corrected chi connectivity index (χ4v) is 7.30. The normalized spacial score (nSPS) is 14.5. The van der Waals surface area contributed by atoms with Crippen LogP contribution in [0.5, 0.6) is 11.5 Å². The fourth-order valence-electron chi connectivity index (χ4n) is 6.30. The minimum atomic E-state index is -0.901. The lowest BCUT2D eigenvalue weighted by atomic mass is 9.92. The van der Waals surface area contributed by atoms with Gasteiger partial charge >= 0.3 is 5.97 Å². The quantitative estimate of drug-likeness (QED) is 0.180. The lowest BCUT2D eigenvalue weighted by Gasteiger charge is -2.27. The number of benzene rings is 4. The first kappa shape index (κ1) is 31.0. The van der Waals surface area contributed by atoms with Gasteiger partial charge in [0.15, 0.2) is 16.3 Å². The number of hydrogen-bond acceptors (Lipinski definition) is 7. The van der Waals surface area contributed by atoms with E-state index in [-0.39, 0.29) is 17.7 Å². The molecule has 4 aromatic carbocycles. The number of thiazole rings is 1. The van der Waals surface area contributed by atoms with Crippen molar-refractivity contribution in [2.24, 2.45) is 4.99 Å². The van der Waals surface area contributed by atoms with Crippen molar-refractivity contribution in [2.75, 3.05) is 20.8 Å². The molecule has 8 nitrogen and oxygen atoms in total. The van der Waals surface area contributed by atoms with Gasteiger partial charge in [0.1, 0.15) is 6.04 Å². The van der Waals surface area contributed by atoms with Gasteiger partial charge in [0.05, 0.1) is 36.6 Å². The Balaban J connectivity index is 1.49. The van der Waals surface area contributed by atoms with Crippen LogP contribution in [0.2, 0.25) is 0 Å². The summed E-state index contributed by atoms with van der Waals surface area (Å²) in [4.78, 5) is 33.9. The first-order valence-corrected chi connectivity index (χ1v) is 16.4. The van der Waals surface area contributed by atoms with E-state index in [0.29, 0.717) is 38.6 Å². The Morgan fingerprint density at radius 1 is 0.896 bits per heavy atom. The summed E-state index contributed by atoms with van der Waals surface area (Å²) in [6.45, 7) is 2.60. The molecule has 6 aromatic rings. The summed E-state index contributed by atoms with van der Waals surface area (Å²) in [6.07, 6.45) is 4.00. The van der Waals surface area contributed by atoms with Crippen molar-refractivity contribution < 1.29 is 19.0 Å². The molecule has 7 rings (SSSR count). The van der Waals surface area contributed by atoms with Gasteiger partial charge in [-0.25, -0.2) is 9.79 Å². The zero-order valence-corrected chi connectivity index (χ0v) is 27.6. The van der Waals surface area contributed by atoms with E-state index in [1.54, 1.807) is 31.8 Å². The van der Waals surface area contributed by atoms with E-state index >= 15 is 0 Å². The third-order valence-corrected chi connectivity index (χ3v) is 9.39. The van der Waals surface area contributed by atoms with Gasteiger partial charge in [0.25, 0.3) is 5.56 Å². The average molecular weight is 656 g/mol. The highest BCUT2D eigenvalue weighted by Crippen LogP contribution is 2.42. The lowest BCUT2D eigenvalue weighted by Crippen LogP contribution is -2.40. The Morgan fingerprint density at radius 2 is 1.62 bits per heavy atom. The highest BCUT2D eigenvalue weighted by molar-refractivity contribution is 7.07. The molecule has 0 saturated carbocycles. The number of carbonyl (C=O) groups excluding carboxylic acids is 1. The summed E-state index contributed by atoms with van der Waals surface area (Å²) in [7, 11) is 3.10. The van der Waals surface area contributed by atoms with E-state index in [9.17, 15) is 9.59 Å². The second-order valence-electron chi connectivity index (χ2n) is 11.2. The van der Waals surface area contributed by atoms with Crippen molar-refractivity contribution >= 4 is 40.0 Å². The van der Waals surface area contributed by atoms with Crippen LogP contribution in [-0.2, 0) is 16.1 Å². The maximum absolute atomic E-state index is 14.6. The number of nitrogens with zero attached hydrogens (tertiary/aromatic N) is 3. The number of rotatable bonds is 9. The van der Waals surface area contributed by atoms with Crippen LogP contribution in [0.4, 0.5) is 0 Å². The van der Waals surface area contributed by atoms with Gasteiger partial charge in [-0.15, -0.1) is 0 Å². The third-order valence-electron chi connectivity index (χ3n) is 8.40. The second-order valence-corrected chi connectivity index (χ2v) is 12.2. The highest BCUT2D eigenvalue weighted by Gasteiger charge is 2.37. The van der Waals surface area contributed by atoms with E-state index in [1.807, 2.05) is 78.9 Å². The van der Waals surface area contributed by atoms with E-state index in [2.05, 4.69) is 35.0 Å². The summed E-state index contributed by atoms with van der Waals surface area (Å²) in [5.74, 6) is 0.331. The minimum absolute atomic E-state index is 0.157. The number of fused-ring (bicyclic) bond motifs is 2. The van der Waals surface area contributed by atoms with Crippen molar-refractivity contribution in [3.63, 3.8) is 0 Å². The molecule has 9 heteroatoms. The maximum Gasteiger partial charge on any atom is 0.338 e. The van der Waals surface area contributed by atoms with E-state index < -0.39 is 12.0 Å². The molecule has 48 heavy (non-hydrogen) atoms. The van der Waals surface area contributed by atoms with Gasteiger partial charge in [0, 0.05) is 40.3 Å². The summed E-state index contributed by atoms with van der Waals surface area (Å²) >= 11 is 1.29. The molecule has 0 spiro atoms. The van der Waals surface area contributed by atoms with E-state index in [1.165, 1.54) is 16.9 Å². The van der Waals surface area contributed by atoms with Gasteiger partial charge in [-0.2, -0.15) is 0 Å². The monoisotopic (exact) mass is 655 g/mol. The summed E-state index contributed by atoms with van der Waals surface area (Å²) in [5, 5.41) is 1.03. The minimum Gasteiger partial charge on any atom is -0.493 e. The maximum atomic E-state index is 14.6. The van der Waals surface area contributed by atoms with Gasteiger partial charge in [0.2, 0.25) is 0 Å². The number of carbonyl (C=O) groups is 1. The zero-order chi connectivity index (χ0) is 33.2. The molecule has 0 saturated heterocycles. The molecule has 1 atom stereocenters. The molecular weight excluding hydrogens is 623 g/mol. The van der Waals surface area contributed by atoms with Gasteiger partial charge in [-0.05, 0) is 30.7 Å². The first-order chi connectivity index (χ1) is 23.5. The molecule has 1 aliphatic heterocycles. The molecular formula is C39H33N3O5S. The molecule has 0 radical (unpaired) electrons. The molecule has 0 amide bonds. The Morgan fingerprint density at radius 3 is 2.35 bits per heavy atom. The lowest BCUT2D eigenvalue weighted by molar-refractivity contribution is -0.138. The SMILES string of the molecule is CCOC(=O)C1=C(c2ccccc2)N=c2s/c(=C\c3cn(Cc4ccccc4)c4ccccc34)c(=O)n2[C@H]1c1cccc(OC)c1OC. The molecule has 240 valence electrons. The standard InChI is InChI=1S/C39H33N3O5S/c1-4-47-38(44)33-34(26-16-9-6-10-17-26)40-39-42(35(33)29-19-13-21-31(45-2)36(29)46-3)37(43)32(48-39)22-27-24-41(23-25-14-7-5-8-15-25)30-20-12-11-18-28(27)30/h5-22,24,35H,4,23H2,1-3H3/b32-22-/t35-/m0/s1. The molecule has 0 N–H and O–H groups in total. The Bertz CT molecular complexity index is 2350. The summed E-state index contributed by atoms with van der Waals surface area (Å²) < 4.78 is 21.4. The largest absolute Gasteiger partial charge is 0.493 e. The predicted molar refractivity (Wildman–Crippen MR) is 188 cm³/mol. The van der Waals surface area contributed by atoms with Crippen LogP contribution < -0.4 is 24.4 Å². The molecule has 2 aromatic heterocycles. The van der Waals surface area contributed by atoms with Crippen LogP contribution in [0.3, 0.4) is 0 Å². The smallest absolute Gasteiger partial charge is 0.338 e. The number of esters is 1. The van der Waals surface area contributed by atoms with Crippen molar-refractivity contribution in [1.29, 1.82) is 0 Å². The van der Waals surface area contributed by atoms with Gasteiger partial charge in [-0.1, -0.05) is 102 Å². The van der Waals surface area contributed by atoms with Crippen LogP contribution >= 0.6 is 11.3 Å². The van der Waals surface area contributed by atoms with Crippen LogP contribution in [0.1, 0.15) is 35.2 Å². The number of methoxy groups -OCH3 is 2. The predicted octanol–water partition coefficient (Wildman–Crippen LogP) is 5.96. The van der Waals surface area contributed by atoms with Crippen LogP contribution in [0.15, 0.2) is 125 Å². The molecule has 0 unspecified atom stereocenters. The second kappa shape index (κ2) is 13.2. The number of hydrogen-bond donors (Lipinski definition) is 0. The molecule has 0 aliphatic carbocycles. The number of ether oxygens (including phenoxy) is 3. The first-order valence-electron chi connectivity index (χ1n) is 15.6. The van der Waals surface area contributed by atoms with Crippen LogP contribution in [0, 0.1) is 0 Å². The Labute approximate surface area is 281 Å². The zero-order valence-electron chi connectivity index (χ0n) is 26.8. The molecule has 1 aliphatic rings. The fraction of sp³-hybridized carbons (Fsp3) is 0.154. The van der Waals surface area contributed by atoms with Crippen molar-refractivity contribution in [3.8, 4) is 11.5 Å². The summed E-state index contributed by atoms with van der Waals surface area (Å²) in [6, 6.07) is 32.5. The molecule has 0 fully saturated rings. The number of aromatic nitrogens is 2. The average Bonchev–Trinajstić information content (AvgIpc) is 3.63. The van der Waals surface area contributed by atoms with Crippen LogP contribution in [-0.4, -0.2) is 35.9 Å². The van der Waals surface area contributed by atoms with Crippen molar-refractivity contribution in [3.05, 3.63) is 157 Å². The van der Waals surface area contributed by atoms with Gasteiger partial charge < -0.3 is 18.8 Å². The summed E-state index contributed by atoms with van der Waals surface area (Å²) in [5.41, 5.74) is 4.87. The molecule has 0 bridgehead atoms. The Kier molecular flexibility index (Phi) is 8.52. The van der Waals surface area contributed by atoms with E-state index in [0.717, 1.165) is 22.0 Å². The van der Waals surface area contributed by atoms with Gasteiger partial charge in [-0.3, -0.25) is 9.36 Å². The topological polar surface area (TPSA) is 84.1 Å². The van der Waals surface area contributed by atoms with Crippen molar-refractivity contribution in [1.82, 2.24) is 9.13 Å². The van der Waals surface area contributed by atoms with Crippen LogP contribution in [0.25, 0.3) is 22.7 Å². The van der Waals surface area contributed by atoms with E-state index in [4.69, 9.17) is 19.2 Å². The highest BCUT2D eigenvalue weighted by atomic mass is 32.1.